The lowest BCUT2D eigenvalue weighted by Crippen LogP contribution is -2.37. The molecule has 1 N–H and O–H groups in total. The van der Waals surface area contributed by atoms with Gasteiger partial charge in [0, 0.05) is 6.54 Å². The van der Waals surface area contributed by atoms with E-state index in [0.29, 0.717) is 12.5 Å². The number of carbonyl (C=O) groups is 1. The molecule has 7 heteroatoms. The van der Waals surface area contributed by atoms with Gasteiger partial charge in [0.05, 0.1) is 5.56 Å². The largest absolute Gasteiger partial charge is 0.480 e. The van der Waals surface area contributed by atoms with Crippen molar-refractivity contribution in [2.45, 2.75) is 32.1 Å². The molecular weight excluding hydrogens is 278 g/mol. The van der Waals surface area contributed by atoms with Crippen molar-refractivity contribution in [1.82, 2.24) is 4.90 Å². The Kier molecular flexibility index (Phi) is 5.10. The Morgan fingerprint density at radius 2 is 1.95 bits per heavy atom. The highest BCUT2D eigenvalue weighted by Gasteiger charge is 2.31. The number of hydrogen-bond acceptors (Lipinski definition) is 2. The Morgan fingerprint density at radius 1 is 1.35 bits per heavy atom. The van der Waals surface area contributed by atoms with Crippen molar-refractivity contribution >= 4 is 5.97 Å². The van der Waals surface area contributed by atoms with E-state index in [1.54, 1.807) is 6.92 Å². The normalized spacial score (nSPS) is 13.6. The fraction of sp³-hybridized carbons (Fsp3) is 0.462. The van der Waals surface area contributed by atoms with Crippen LogP contribution in [0.4, 0.5) is 17.6 Å². The van der Waals surface area contributed by atoms with Gasteiger partial charge in [0.1, 0.15) is 11.9 Å². The minimum absolute atomic E-state index is 0.0777. The summed E-state index contributed by atoms with van der Waals surface area (Å²) in [7, 11) is 1.47. The lowest BCUT2D eigenvalue weighted by Gasteiger charge is -2.23. The molecule has 1 aromatic rings. The molecule has 0 spiro atoms. The molecule has 0 amide bonds. The minimum Gasteiger partial charge on any atom is -0.480 e. The number of carboxylic acid groups (broad SMARTS) is 1. The molecule has 0 fully saturated rings. The molecule has 112 valence electrons. The van der Waals surface area contributed by atoms with E-state index in [-0.39, 0.29) is 12.1 Å². The van der Waals surface area contributed by atoms with Crippen molar-refractivity contribution in [3.63, 3.8) is 0 Å². The van der Waals surface area contributed by atoms with Crippen LogP contribution in [0, 0.1) is 5.82 Å². The van der Waals surface area contributed by atoms with Gasteiger partial charge >= 0.3 is 12.1 Å². The predicted molar refractivity (Wildman–Crippen MR) is 64.6 cm³/mol. The van der Waals surface area contributed by atoms with Crippen molar-refractivity contribution in [2.75, 3.05) is 7.05 Å². The van der Waals surface area contributed by atoms with Crippen molar-refractivity contribution in [3.05, 3.63) is 35.1 Å². The fourth-order valence-corrected chi connectivity index (χ4v) is 1.98. The third-order valence-corrected chi connectivity index (χ3v) is 2.92. The second kappa shape index (κ2) is 6.21. The molecular formula is C13H15F4NO2. The number of carboxylic acids is 1. The Bertz CT molecular complexity index is 488. The van der Waals surface area contributed by atoms with Crippen LogP contribution in [0.1, 0.15) is 24.5 Å². The van der Waals surface area contributed by atoms with Gasteiger partial charge in [0.2, 0.25) is 0 Å². The van der Waals surface area contributed by atoms with Gasteiger partial charge in [-0.25, -0.2) is 4.39 Å². The summed E-state index contributed by atoms with van der Waals surface area (Å²) in [6, 6.07) is 1.39. The SMILES string of the molecule is CCC(C(=O)O)N(C)Cc1cc(F)cc(C(F)(F)F)c1. The van der Waals surface area contributed by atoms with Crippen LogP contribution >= 0.6 is 0 Å². The lowest BCUT2D eigenvalue weighted by atomic mass is 10.1. The van der Waals surface area contributed by atoms with Crippen molar-refractivity contribution in [2.24, 2.45) is 0 Å². The predicted octanol–water partition coefficient (Wildman–Crippen LogP) is 3.14. The van der Waals surface area contributed by atoms with Gasteiger partial charge in [0.15, 0.2) is 0 Å². The Hall–Kier alpha value is -1.63. The van der Waals surface area contributed by atoms with E-state index in [0.717, 1.165) is 12.1 Å². The number of alkyl halides is 3. The third-order valence-electron chi connectivity index (χ3n) is 2.92. The van der Waals surface area contributed by atoms with Crippen LogP contribution in [0.15, 0.2) is 18.2 Å². The van der Waals surface area contributed by atoms with Gasteiger partial charge in [-0.15, -0.1) is 0 Å². The average molecular weight is 293 g/mol. The highest BCUT2D eigenvalue weighted by Crippen LogP contribution is 2.30. The van der Waals surface area contributed by atoms with E-state index in [4.69, 9.17) is 5.11 Å². The highest BCUT2D eigenvalue weighted by atomic mass is 19.4. The molecule has 0 aliphatic heterocycles. The molecule has 0 saturated carbocycles. The molecule has 1 unspecified atom stereocenters. The summed E-state index contributed by atoms with van der Waals surface area (Å²) in [4.78, 5) is 12.3. The Balaban J connectivity index is 2.98. The maximum absolute atomic E-state index is 13.2. The number of halogens is 4. The molecule has 0 aromatic heterocycles. The zero-order valence-electron chi connectivity index (χ0n) is 11.0. The van der Waals surface area contributed by atoms with Gasteiger partial charge in [-0.05, 0) is 37.2 Å². The number of likely N-dealkylation sites (N-methyl/N-ethyl adjacent to an activating group) is 1. The monoisotopic (exact) mass is 293 g/mol. The maximum atomic E-state index is 13.2. The highest BCUT2D eigenvalue weighted by molar-refractivity contribution is 5.73. The van der Waals surface area contributed by atoms with Crippen LogP contribution in [0.5, 0.6) is 0 Å². The van der Waals surface area contributed by atoms with Crippen LogP contribution in [-0.4, -0.2) is 29.1 Å². The quantitative estimate of drug-likeness (QED) is 0.848. The van der Waals surface area contributed by atoms with Crippen LogP contribution in [0.25, 0.3) is 0 Å². The molecule has 1 aromatic carbocycles. The smallest absolute Gasteiger partial charge is 0.416 e. The molecule has 0 heterocycles. The zero-order chi connectivity index (χ0) is 15.5. The summed E-state index contributed by atoms with van der Waals surface area (Å²) < 4.78 is 50.9. The summed E-state index contributed by atoms with van der Waals surface area (Å²) in [5, 5.41) is 8.96. The molecule has 0 bridgehead atoms. The lowest BCUT2D eigenvalue weighted by molar-refractivity contribution is -0.143. The number of hydrogen-bond donors (Lipinski definition) is 1. The second-order valence-electron chi connectivity index (χ2n) is 4.52. The van der Waals surface area contributed by atoms with Crippen molar-refractivity contribution in [1.29, 1.82) is 0 Å². The number of aliphatic carboxylic acids is 1. The molecule has 3 nitrogen and oxygen atoms in total. The Labute approximate surface area is 113 Å². The molecule has 0 aliphatic carbocycles. The van der Waals surface area contributed by atoms with Gasteiger partial charge < -0.3 is 5.11 Å². The average Bonchev–Trinajstić information content (AvgIpc) is 2.26. The van der Waals surface area contributed by atoms with Crippen LogP contribution in [0.2, 0.25) is 0 Å². The topological polar surface area (TPSA) is 40.5 Å². The van der Waals surface area contributed by atoms with Gasteiger partial charge in [-0.1, -0.05) is 6.92 Å². The standard InChI is InChI=1S/C13H15F4NO2/c1-3-11(12(19)20)18(2)7-8-4-9(13(15,16)17)6-10(14)5-8/h4-6,11H,3,7H2,1-2H3,(H,19,20). The van der Waals surface area contributed by atoms with Crippen LogP contribution in [-0.2, 0) is 17.5 Å². The zero-order valence-corrected chi connectivity index (χ0v) is 11.0. The van der Waals surface area contributed by atoms with Gasteiger partial charge in [-0.2, -0.15) is 13.2 Å². The first kappa shape index (κ1) is 16.4. The summed E-state index contributed by atoms with van der Waals surface area (Å²) in [5.74, 6) is -2.06. The van der Waals surface area contributed by atoms with Gasteiger partial charge in [0.25, 0.3) is 0 Å². The first-order valence-corrected chi connectivity index (χ1v) is 5.94. The summed E-state index contributed by atoms with van der Waals surface area (Å²) in [5.41, 5.74) is -0.996. The van der Waals surface area contributed by atoms with Crippen molar-refractivity contribution in [3.8, 4) is 0 Å². The van der Waals surface area contributed by atoms with E-state index in [1.807, 2.05) is 0 Å². The first-order chi connectivity index (χ1) is 9.15. The summed E-state index contributed by atoms with van der Waals surface area (Å²) >= 11 is 0. The van der Waals surface area contributed by atoms with E-state index in [2.05, 4.69) is 0 Å². The maximum Gasteiger partial charge on any atom is 0.416 e. The minimum atomic E-state index is -4.63. The Morgan fingerprint density at radius 3 is 2.40 bits per heavy atom. The fourth-order valence-electron chi connectivity index (χ4n) is 1.98. The van der Waals surface area contributed by atoms with Gasteiger partial charge in [-0.3, -0.25) is 9.69 Å². The van der Waals surface area contributed by atoms with E-state index < -0.39 is 29.6 Å². The van der Waals surface area contributed by atoms with E-state index in [9.17, 15) is 22.4 Å². The molecule has 20 heavy (non-hydrogen) atoms. The third kappa shape index (κ3) is 4.19. The summed E-state index contributed by atoms with van der Waals surface area (Å²) in [6.45, 7) is 1.58. The summed E-state index contributed by atoms with van der Waals surface area (Å²) in [6.07, 6.45) is -4.33. The van der Waals surface area contributed by atoms with E-state index in [1.165, 1.54) is 11.9 Å². The number of rotatable bonds is 5. The van der Waals surface area contributed by atoms with Crippen molar-refractivity contribution < 1.29 is 27.5 Å². The molecule has 0 radical (unpaired) electrons. The molecule has 0 aliphatic rings. The number of nitrogens with zero attached hydrogens (tertiary/aromatic N) is 1. The van der Waals surface area contributed by atoms with Crippen LogP contribution in [0.3, 0.4) is 0 Å². The molecule has 1 rings (SSSR count). The molecule has 1 atom stereocenters. The second-order valence-corrected chi connectivity index (χ2v) is 4.52. The number of benzene rings is 1. The first-order valence-electron chi connectivity index (χ1n) is 5.94. The van der Waals surface area contributed by atoms with Crippen LogP contribution < -0.4 is 0 Å². The van der Waals surface area contributed by atoms with E-state index >= 15 is 0 Å². The molecule has 0 saturated heterocycles.